The highest BCUT2D eigenvalue weighted by atomic mass is 16.3. The molecule has 3 heterocycles. The minimum Gasteiger partial charge on any atom is -0.386 e. The van der Waals surface area contributed by atoms with Crippen LogP contribution in [-0.4, -0.2) is 45.1 Å². The zero-order valence-corrected chi connectivity index (χ0v) is 17.6. The third-order valence-corrected chi connectivity index (χ3v) is 6.27. The minimum atomic E-state index is -0.682. The van der Waals surface area contributed by atoms with Gasteiger partial charge in [0.2, 0.25) is 0 Å². The smallest absolute Gasteiger partial charge is 0.270 e. The summed E-state index contributed by atoms with van der Waals surface area (Å²) in [7, 11) is 2.16. The van der Waals surface area contributed by atoms with Crippen LogP contribution in [0.15, 0.2) is 36.5 Å². The molecule has 2 aliphatic rings. The number of pyridine rings is 1. The highest BCUT2D eigenvalue weighted by Gasteiger charge is 2.25. The molecule has 2 N–H and O–H groups in total. The van der Waals surface area contributed by atoms with Crippen LogP contribution in [0.2, 0.25) is 0 Å². The number of rotatable bonds is 5. The van der Waals surface area contributed by atoms with E-state index in [-0.39, 0.29) is 5.91 Å². The van der Waals surface area contributed by atoms with Gasteiger partial charge < -0.3 is 19.9 Å². The number of hydrogen-bond donors (Lipinski definition) is 2. The average Bonchev–Trinajstić information content (AvgIpc) is 3.51. The van der Waals surface area contributed by atoms with Crippen LogP contribution in [0.3, 0.4) is 0 Å². The van der Waals surface area contributed by atoms with E-state index < -0.39 is 6.10 Å². The van der Waals surface area contributed by atoms with Crippen LogP contribution in [0.5, 0.6) is 0 Å². The van der Waals surface area contributed by atoms with E-state index >= 15 is 0 Å². The van der Waals surface area contributed by atoms with E-state index in [1.165, 1.54) is 27.7 Å². The molecular weight excluding hydrogens is 376 g/mol. The maximum atomic E-state index is 12.1. The van der Waals surface area contributed by atoms with Crippen LogP contribution in [0, 0.1) is 6.92 Å². The van der Waals surface area contributed by atoms with Crippen molar-refractivity contribution < 1.29 is 9.90 Å². The van der Waals surface area contributed by atoms with Gasteiger partial charge in [0.25, 0.3) is 5.91 Å². The first-order valence-corrected chi connectivity index (χ1v) is 10.7. The van der Waals surface area contributed by atoms with Crippen molar-refractivity contribution in [2.45, 2.75) is 51.4 Å². The van der Waals surface area contributed by atoms with Gasteiger partial charge in [-0.05, 0) is 50.6 Å². The first kappa shape index (κ1) is 19.3. The van der Waals surface area contributed by atoms with E-state index in [4.69, 9.17) is 0 Å². The van der Waals surface area contributed by atoms with Gasteiger partial charge in [-0.2, -0.15) is 0 Å². The largest absolute Gasteiger partial charge is 0.386 e. The van der Waals surface area contributed by atoms with Crippen molar-refractivity contribution in [1.29, 1.82) is 0 Å². The molecule has 0 saturated heterocycles. The summed E-state index contributed by atoms with van der Waals surface area (Å²) in [6.45, 7) is 4.56. The topological polar surface area (TPSA) is 70.4 Å². The standard InChI is InChI=1S/C24H28N4O2/c1-15-3-8-21-18(11-15)19-13-27(2)10-9-22(19)28(21)14-23(29)16-4-7-20(25-12-16)24(30)26-17-5-6-17/h3-4,7-8,11-12,17,23,29H,5-6,9-10,13-14H2,1-2H3,(H,26,30). The number of nitrogens with one attached hydrogen (secondary N) is 1. The second-order valence-electron chi connectivity index (χ2n) is 8.78. The molecule has 1 aliphatic carbocycles. The van der Waals surface area contributed by atoms with E-state index in [9.17, 15) is 9.90 Å². The van der Waals surface area contributed by atoms with Gasteiger partial charge in [0.1, 0.15) is 5.69 Å². The number of aliphatic hydroxyl groups excluding tert-OH is 1. The van der Waals surface area contributed by atoms with Gasteiger partial charge in [0, 0.05) is 53.9 Å². The van der Waals surface area contributed by atoms with Gasteiger partial charge in [0.05, 0.1) is 12.6 Å². The Morgan fingerprint density at radius 2 is 2.13 bits per heavy atom. The van der Waals surface area contributed by atoms with Crippen molar-refractivity contribution in [3.63, 3.8) is 0 Å². The monoisotopic (exact) mass is 404 g/mol. The third-order valence-electron chi connectivity index (χ3n) is 6.27. The molecule has 1 amide bonds. The zero-order valence-electron chi connectivity index (χ0n) is 17.6. The molecule has 6 nitrogen and oxygen atoms in total. The number of aliphatic hydroxyl groups is 1. The molecule has 5 rings (SSSR count). The Morgan fingerprint density at radius 1 is 1.30 bits per heavy atom. The van der Waals surface area contributed by atoms with Crippen LogP contribution in [0.1, 0.15) is 51.8 Å². The summed E-state index contributed by atoms with van der Waals surface area (Å²) in [5.74, 6) is -0.136. The number of aromatic nitrogens is 2. The number of benzene rings is 1. The summed E-state index contributed by atoms with van der Waals surface area (Å²) in [5, 5.41) is 15.2. The van der Waals surface area contributed by atoms with Crippen LogP contribution < -0.4 is 5.32 Å². The predicted octanol–water partition coefficient (Wildman–Crippen LogP) is 2.96. The number of amides is 1. The van der Waals surface area contributed by atoms with Crippen LogP contribution >= 0.6 is 0 Å². The third kappa shape index (κ3) is 3.61. The van der Waals surface area contributed by atoms with Gasteiger partial charge in [-0.15, -0.1) is 0 Å². The van der Waals surface area contributed by atoms with E-state index in [2.05, 4.69) is 51.9 Å². The predicted molar refractivity (Wildman–Crippen MR) is 116 cm³/mol. The lowest BCUT2D eigenvalue weighted by Gasteiger charge is -2.25. The van der Waals surface area contributed by atoms with Crippen LogP contribution in [0.4, 0.5) is 0 Å². The van der Waals surface area contributed by atoms with Crippen molar-refractivity contribution >= 4 is 16.8 Å². The lowest BCUT2D eigenvalue weighted by atomic mass is 10.0. The lowest BCUT2D eigenvalue weighted by molar-refractivity contribution is 0.0945. The fraction of sp³-hybridized carbons (Fsp3) is 0.417. The van der Waals surface area contributed by atoms with E-state index in [0.29, 0.717) is 18.3 Å². The molecule has 0 radical (unpaired) electrons. The first-order valence-electron chi connectivity index (χ1n) is 10.7. The van der Waals surface area contributed by atoms with Crippen molar-refractivity contribution in [3.05, 3.63) is 64.6 Å². The molecule has 1 atom stereocenters. The molecule has 6 heteroatoms. The van der Waals surface area contributed by atoms with Crippen molar-refractivity contribution in [2.24, 2.45) is 0 Å². The highest BCUT2D eigenvalue weighted by Crippen LogP contribution is 2.32. The molecule has 0 spiro atoms. The fourth-order valence-corrected chi connectivity index (χ4v) is 4.41. The minimum absolute atomic E-state index is 0.136. The molecular formula is C24H28N4O2. The van der Waals surface area contributed by atoms with Gasteiger partial charge >= 0.3 is 0 Å². The molecule has 0 bridgehead atoms. The maximum Gasteiger partial charge on any atom is 0.270 e. The van der Waals surface area contributed by atoms with E-state index in [1.54, 1.807) is 12.3 Å². The summed E-state index contributed by atoms with van der Waals surface area (Å²) in [5.41, 5.74) is 6.25. The zero-order chi connectivity index (χ0) is 20.8. The second kappa shape index (κ2) is 7.52. The summed E-state index contributed by atoms with van der Waals surface area (Å²) in [6, 6.07) is 10.4. The fourth-order valence-electron chi connectivity index (χ4n) is 4.41. The number of carbonyl (C=O) groups is 1. The Balaban J connectivity index is 1.42. The Bertz CT molecular complexity index is 1100. The van der Waals surface area contributed by atoms with Gasteiger partial charge in [0.15, 0.2) is 0 Å². The summed E-state index contributed by atoms with van der Waals surface area (Å²) in [4.78, 5) is 18.8. The lowest BCUT2D eigenvalue weighted by Crippen LogP contribution is -2.28. The number of carbonyl (C=O) groups excluding carboxylic acids is 1. The second-order valence-corrected chi connectivity index (χ2v) is 8.78. The van der Waals surface area contributed by atoms with Crippen molar-refractivity contribution in [2.75, 3.05) is 13.6 Å². The Hall–Kier alpha value is -2.70. The van der Waals surface area contributed by atoms with Crippen molar-refractivity contribution in [1.82, 2.24) is 19.8 Å². The molecule has 3 aromatic rings. The maximum absolute atomic E-state index is 12.1. The number of nitrogens with zero attached hydrogens (tertiary/aromatic N) is 3. The SMILES string of the molecule is Cc1ccc2c(c1)c1c(n2CC(O)c2ccc(C(=O)NC3CC3)nc2)CCN(C)C1. The van der Waals surface area contributed by atoms with E-state index in [1.807, 2.05) is 6.07 Å². The van der Waals surface area contributed by atoms with E-state index in [0.717, 1.165) is 37.9 Å². The van der Waals surface area contributed by atoms with Crippen LogP contribution in [-0.2, 0) is 19.5 Å². The molecule has 1 fully saturated rings. The Morgan fingerprint density at radius 3 is 2.87 bits per heavy atom. The van der Waals surface area contributed by atoms with Gasteiger partial charge in [-0.3, -0.25) is 9.78 Å². The number of hydrogen-bond acceptors (Lipinski definition) is 4. The summed E-state index contributed by atoms with van der Waals surface area (Å²) in [6.07, 6.45) is 4.02. The number of likely N-dealkylation sites (N-methyl/N-ethyl adjacent to an activating group) is 1. The first-order chi connectivity index (χ1) is 14.5. The van der Waals surface area contributed by atoms with Gasteiger partial charge in [-0.1, -0.05) is 17.7 Å². The summed E-state index contributed by atoms with van der Waals surface area (Å²) >= 11 is 0. The molecule has 2 aromatic heterocycles. The quantitative estimate of drug-likeness (QED) is 0.686. The van der Waals surface area contributed by atoms with Gasteiger partial charge in [-0.25, -0.2) is 0 Å². The van der Waals surface area contributed by atoms with Crippen molar-refractivity contribution in [3.8, 4) is 0 Å². The highest BCUT2D eigenvalue weighted by molar-refractivity contribution is 5.92. The Kier molecular flexibility index (Phi) is 4.83. The molecule has 1 aliphatic heterocycles. The average molecular weight is 405 g/mol. The molecule has 1 aromatic carbocycles. The molecule has 30 heavy (non-hydrogen) atoms. The molecule has 1 unspecified atom stereocenters. The normalized spacial score (nSPS) is 17.7. The Labute approximate surface area is 176 Å². The van der Waals surface area contributed by atoms with Crippen LogP contribution in [0.25, 0.3) is 10.9 Å². The number of aryl methyl sites for hydroxylation is 1. The molecule has 1 saturated carbocycles. The summed E-state index contributed by atoms with van der Waals surface area (Å²) < 4.78 is 2.27. The number of fused-ring (bicyclic) bond motifs is 3. The molecule has 156 valence electrons.